The Kier molecular flexibility index (Phi) is 5.03. The molecule has 1 N–H and O–H groups in total. The maximum atomic E-state index is 5.68. The second-order valence-electron chi connectivity index (χ2n) is 5.23. The first-order valence-electron chi connectivity index (χ1n) is 6.07. The lowest BCUT2D eigenvalue weighted by molar-refractivity contribution is 0.0431. The summed E-state index contributed by atoms with van der Waals surface area (Å²) < 4.78 is 5.68. The predicted octanol–water partition coefficient (Wildman–Crippen LogP) is 1.48. The maximum absolute atomic E-state index is 5.68. The van der Waals surface area contributed by atoms with Gasteiger partial charge in [0.25, 0.3) is 0 Å². The highest BCUT2D eigenvalue weighted by Crippen LogP contribution is 2.17. The summed E-state index contributed by atoms with van der Waals surface area (Å²) >= 11 is 0. The minimum absolute atomic E-state index is 0.343. The van der Waals surface area contributed by atoms with Crippen LogP contribution < -0.4 is 5.32 Å². The molecule has 0 radical (unpaired) electrons. The van der Waals surface area contributed by atoms with E-state index in [1.807, 2.05) is 0 Å². The van der Waals surface area contributed by atoms with E-state index in [4.69, 9.17) is 4.74 Å². The van der Waals surface area contributed by atoms with E-state index in [0.29, 0.717) is 24.2 Å². The molecule has 1 saturated heterocycles. The third kappa shape index (κ3) is 4.49. The van der Waals surface area contributed by atoms with Gasteiger partial charge in [-0.25, -0.2) is 0 Å². The van der Waals surface area contributed by atoms with Crippen LogP contribution in [0.2, 0.25) is 0 Å². The van der Waals surface area contributed by atoms with E-state index < -0.39 is 0 Å². The number of hydrogen-bond donors (Lipinski definition) is 1. The van der Waals surface area contributed by atoms with Crippen LogP contribution in [0.5, 0.6) is 0 Å². The molecule has 3 heteroatoms. The van der Waals surface area contributed by atoms with Gasteiger partial charge in [0.1, 0.15) is 0 Å². The van der Waals surface area contributed by atoms with Gasteiger partial charge in [0, 0.05) is 24.7 Å². The van der Waals surface area contributed by atoms with Gasteiger partial charge < -0.3 is 10.1 Å². The average molecular weight is 214 g/mol. The van der Waals surface area contributed by atoms with Crippen molar-refractivity contribution in [3.8, 4) is 0 Å². The van der Waals surface area contributed by atoms with Crippen molar-refractivity contribution in [2.45, 2.75) is 58.3 Å². The molecule has 90 valence electrons. The fraction of sp³-hybridized carbons (Fsp3) is 1.00. The molecule has 0 aromatic carbocycles. The zero-order valence-electron chi connectivity index (χ0n) is 10.8. The summed E-state index contributed by atoms with van der Waals surface area (Å²) in [5.74, 6) is 0. The monoisotopic (exact) mass is 214 g/mol. The minimum Gasteiger partial charge on any atom is -0.377 e. The summed E-state index contributed by atoms with van der Waals surface area (Å²) in [5, 5.41) is 3.59. The highest BCUT2D eigenvalue weighted by molar-refractivity contribution is 4.88. The van der Waals surface area contributed by atoms with Crippen LogP contribution in [0.25, 0.3) is 0 Å². The Morgan fingerprint density at radius 3 is 2.53 bits per heavy atom. The quantitative estimate of drug-likeness (QED) is 0.750. The van der Waals surface area contributed by atoms with E-state index in [-0.39, 0.29) is 0 Å². The summed E-state index contributed by atoms with van der Waals surface area (Å²) in [6.45, 7) is 10.6. The fourth-order valence-corrected chi connectivity index (χ4v) is 2.17. The predicted molar refractivity (Wildman–Crippen MR) is 64.2 cm³/mol. The van der Waals surface area contributed by atoms with Crippen molar-refractivity contribution < 1.29 is 4.74 Å². The minimum atomic E-state index is 0.343. The van der Waals surface area contributed by atoms with Crippen molar-refractivity contribution in [1.29, 1.82) is 0 Å². The molecule has 0 bridgehead atoms. The number of hydrogen-bond acceptors (Lipinski definition) is 3. The van der Waals surface area contributed by atoms with Gasteiger partial charge in [-0.05, 0) is 27.3 Å². The Morgan fingerprint density at radius 2 is 2.00 bits per heavy atom. The lowest BCUT2D eigenvalue weighted by Gasteiger charge is -2.20. The van der Waals surface area contributed by atoms with Crippen LogP contribution in [0.1, 0.15) is 34.1 Å². The zero-order valence-corrected chi connectivity index (χ0v) is 10.8. The van der Waals surface area contributed by atoms with Gasteiger partial charge in [-0.1, -0.05) is 13.8 Å². The summed E-state index contributed by atoms with van der Waals surface area (Å²) in [5.41, 5.74) is 0. The van der Waals surface area contributed by atoms with Gasteiger partial charge in [-0.15, -0.1) is 0 Å². The van der Waals surface area contributed by atoms with Crippen LogP contribution in [0.15, 0.2) is 0 Å². The number of rotatable bonds is 5. The van der Waals surface area contributed by atoms with Gasteiger partial charge in [-0.2, -0.15) is 0 Å². The molecule has 1 aliphatic rings. The summed E-state index contributed by atoms with van der Waals surface area (Å²) in [4.78, 5) is 2.41. The van der Waals surface area contributed by atoms with E-state index in [1.54, 1.807) is 0 Å². The summed E-state index contributed by atoms with van der Waals surface area (Å²) in [6, 6.07) is 1.80. The van der Waals surface area contributed by atoms with E-state index in [1.165, 1.54) is 6.42 Å². The van der Waals surface area contributed by atoms with Crippen LogP contribution in [0, 0.1) is 0 Å². The molecule has 1 aliphatic heterocycles. The first kappa shape index (κ1) is 12.9. The van der Waals surface area contributed by atoms with Crippen LogP contribution in [-0.2, 0) is 4.74 Å². The molecule has 1 heterocycles. The Labute approximate surface area is 94.2 Å². The highest BCUT2D eigenvalue weighted by Gasteiger charge is 2.29. The van der Waals surface area contributed by atoms with Gasteiger partial charge in [0.2, 0.25) is 0 Å². The smallest absolute Gasteiger partial charge is 0.0625 e. The molecule has 3 nitrogen and oxygen atoms in total. The number of ether oxygens (including phenoxy) is 1. The largest absolute Gasteiger partial charge is 0.377 e. The molecular weight excluding hydrogens is 188 g/mol. The molecule has 15 heavy (non-hydrogen) atoms. The van der Waals surface area contributed by atoms with Crippen molar-refractivity contribution >= 4 is 0 Å². The van der Waals surface area contributed by atoms with E-state index in [2.05, 4.69) is 45.0 Å². The van der Waals surface area contributed by atoms with Crippen molar-refractivity contribution in [3.63, 3.8) is 0 Å². The lowest BCUT2D eigenvalue weighted by Crippen LogP contribution is -2.36. The topological polar surface area (TPSA) is 24.5 Å². The van der Waals surface area contributed by atoms with Crippen molar-refractivity contribution in [1.82, 2.24) is 10.2 Å². The van der Waals surface area contributed by atoms with E-state index in [0.717, 1.165) is 13.2 Å². The molecule has 0 aromatic heterocycles. The molecule has 0 aromatic rings. The van der Waals surface area contributed by atoms with Gasteiger partial charge in [0.05, 0.1) is 12.7 Å². The van der Waals surface area contributed by atoms with E-state index >= 15 is 0 Å². The lowest BCUT2D eigenvalue weighted by atomic mass is 10.1. The number of nitrogens with one attached hydrogen (secondary N) is 1. The van der Waals surface area contributed by atoms with Crippen LogP contribution in [0.3, 0.4) is 0 Å². The molecule has 0 amide bonds. The standard InChI is InChI=1S/C12H26N2O/c1-9(2)13-11-6-12(14(5)7-11)8-15-10(3)4/h9-13H,6-8H2,1-5H3/t11-,12+/m1/s1. The van der Waals surface area contributed by atoms with Crippen LogP contribution in [0.4, 0.5) is 0 Å². The van der Waals surface area contributed by atoms with Crippen molar-refractivity contribution in [2.24, 2.45) is 0 Å². The molecule has 0 unspecified atom stereocenters. The summed E-state index contributed by atoms with van der Waals surface area (Å²) in [7, 11) is 2.19. The van der Waals surface area contributed by atoms with Crippen LogP contribution in [-0.4, -0.2) is 49.3 Å². The Hall–Kier alpha value is -0.120. The van der Waals surface area contributed by atoms with Gasteiger partial charge in [0.15, 0.2) is 0 Å². The fourth-order valence-electron chi connectivity index (χ4n) is 2.17. The third-order valence-electron chi connectivity index (χ3n) is 2.88. The maximum Gasteiger partial charge on any atom is 0.0625 e. The molecule has 2 atom stereocenters. The normalized spacial score (nSPS) is 28.2. The van der Waals surface area contributed by atoms with E-state index in [9.17, 15) is 0 Å². The number of likely N-dealkylation sites (tertiary alicyclic amines) is 1. The first-order chi connectivity index (χ1) is 6.99. The molecule has 0 spiro atoms. The van der Waals surface area contributed by atoms with Gasteiger partial charge >= 0.3 is 0 Å². The molecule has 1 fully saturated rings. The molecule has 1 rings (SSSR count). The Bertz CT molecular complexity index is 182. The SMILES string of the molecule is CC(C)N[C@@H]1C[C@@H](COC(C)C)N(C)C1. The van der Waals surface area contributed by atoms with Crippen molar-refractivity contribution in [2.75, 3.05) is 20.2 Å². The Morgan fingerprint density at radius 1 is 1.33 bits per heavy atom. The number of likely N-dealkylation sites (N-methyl/N-ethyl adjacent to an activating group) is 1. The second-order valence-corrected chi connectivity index (χ2v) is 5.23. The molecule has 0 aliphatic carbocycles. The summed E-state index contributed by atoms with van der Waals surface area (Å²) in [6.07, 6.45) is 1.55. The van der Waals surface area contributed by atoms with Crippen LogP contribution >= 0.6 is 0 Å². The highest BCUT2D eigenvalue weighted by atomic mass is 16.5. The first-order valence-corrected chi connectivity index (χ1v) is 6.07. The molecular formula is C12H26N2O. The zero-order chi connectivity index (χ0) is 11.4. The molecule has 0 saturated carbocycles. The third-order valence-corrected chi connectivity index (χ3v) is 2.88. The van der Waals surface area contributed by atoms with Crippen molar-refractivity contribution in [3.05, 3.63) is 0 Å². The Balaban J connectivity index is 2.29. The number of nitrogens with zero attached hydrogens (tertiary/aromatic N) is 1. The van der Waals surface area contributed by atoms with Gasteiger partial charge in [-0.3, -0.25) is 4.90 Å². The average Bonchev–Trinajstić information content (AvgIpc) is 2.41. The second kappa shape index (κ2) is 5.83.